The van der Waals surface area contributed by atoms with E-state index in [-0.39, 0.29) is 18.5 Å². The Kier molecular flexibility index (Phi) is 58.7. The molecule has 0 aliphatic carbocycles. The lowest BCUT2D eigenvalue weighted by molar-refractivity contribution is -0.302. The van der Waals surface area contributed by atoms with Gasteiger partial charge in [0.2, 0.25) is 5.91 Å². The molecule has 7 unspecified atom stereocenters. The lowest BCUT2D eigenvalue weighted by atomic mass is 9.99. The average molecular weight is 1190 g/mol. The van der Waals surface area contributed by atoms with E-state index in [0.29, 0.717) is 19.4 Å². The molecule has 0 aromatic heterocycles. The third kappa shape index (κ3) is 51.4. The quantitative estimate of drug-likeness (QED) is 0.0195. The van der Waals surface area contributed by atoms with Crippen molar-refractivity contribution in [3.05, 3.63) is 85.1 Å². The predicted octanol–water partition coefficient (Wildman–Crippen LogP) is 18.1. The molecule has 11 nitrogen and oxygen atoms in total. The van der Waals surface area contributed by atoms with Crippen molar-refractivity contribution in [3.8, 4) is 0 Å². The SMILES string of the molecule is C/C=C/CC/C=C/CC/C=C/C(O)C(COC1OC(CO)C(O)C(O)C1O)NC(=O)CCCCCCCCCCCCCCCCC/C=C\C/C=C\CCCCCCCCCCCOC(=O)CCCCCCCCC/C=C\C/C=C\CCCCC. The van der Waals surface area contributed by atoms with Gasteiger partial charge >= 0.3 is 5.97 Å². The van der Waals surface area contributed by atoms with Gasteiger partial charge in [0.25, 0.3) is 0 Å². The molecule has 1 heterocycles. The third-order valence-corrected chi connectivity index (χ3v) is 16.3. The van der Waals surface area contributed by atoms with E-state index in [1.165, 1.54) is 205 Å². The van der Waals surface area contributed by atoms with Crippen LogP contribution in [0.4, 0.5) is 0 Å². The highest BCUT2D eigenvalue weighted by atomic mass is 16.7. The molecule has 85 heavy (non-hydrogen) atoms. The fourth-order valence-electron chi connectivity index (χ4n) is 10.7. The Morgan fingerprint density at radius 2 is 0.847 bits per heavy atom. The van der Waals surface area contributed by atoms with Crippen LogP contribution in [0.1, 0.15) is 309 Å². The molecule has 1 amide bonds. The lowest BCUT2D eigenvalue weighted by Gasteiger charge is -2.40. The minimum Gasteiger partial charge on any atom is -0.466 e. The molecule has 1 fully saturated rings. The zero-order valence-electron chi connectivity index (χ0n) is 54.5. The number of aliphatic hydroxyl groups excluding tert-OH is 5. The van der Waals surface area contributed by atoms with Crippen LogP contribution < -0.4 is 5.32 Å². The smallest absolute Gasteiger partial charge is 0.305 e. The summed E-state index contributed by atoms with van der Waals surface area (Å²) >= 11 is 0. The van der Waals surface area contributed by atoms with Gasteiger partial charge < -0.3 is 45.1 Å². The summed E-state index contributed by atoms with van der Waals surface area (Å²) < 4.78 is 16.7. The van der Waals surface area contributed by atoms with Crippen molar-refractivity contribution in [2.24, 2.45) is 0 Å². The van der Waals surface area contributed by atoms with Crippen molar-refractivity contribution in [1.82, 2.24) is 5.32 Å². The molecule has 0 radical (unpaired) electrons. The Hall–Kier alpha value is -3.16. The number of nitrogens with one attached hydrogen (secondary N) is 1. The minimum absolute atomic E-state index is 0.00370. The lowest BCUT2D eigenvalue weighted by Crippen LogP contribution is -2.60. The molecule has 1 aliphatic heterocycles. The monoisotopic (exact) mass is 1190 g/mol. The van der Waals surface area contributed by atoms with Crippen LogP contribution in [-0.2, 0) is 23.8 Å². The summed E-state index contributed by atoms with van der Waals surface area (Å²) in [5.74, 6) is -0.203. The average Bonchev–Trinajstić information content (AvgIpc) is 3.71. The number of ether oxygens (including phenoxy) is 3. The third-order valence-electron chi connectivity index (χ3n) is 16.3. The van der Waals surface area contributed by atoms with Gasteiger partial charge in [-0.05, 0) is 116 Å². The number of hydrogen-bond donors (Lipinski definition) is 6. The molecule has 11 heteroatoms. The normalized spacial score (nSPS) is 18.5. The van der Waals surface area contributed by atoms with Crippen molar-refractivity contribution in [2.45, 2.75) is 352 Å². The van der Waals surface area contributed by atoms with Crippen molar-refractivity contribution in [1.29, 1.82) is 0 Å². The van der Waals surface area contributed by atoms with Crippen molar-refractivity contribution < 1.29 is 49.3 Å². The first kappa shape index (κ1) is 79.9. The number of aliphatic hydroxyl groups is 5. The molecule has 0 aromatic carbocycles. The molecule has 1 saturated heterocycles. The first-order valence-electron chi connectivity index (χ1n) is 35.3. The summed E-state index contributed by atoms with van der Waals surface area (Å²) in [4.78, 5) is 25.1. The second kappa shape index (κ2) is 62.4. The fourth-order valence-corrected chi connectivity index (χ4v) is 10.7. The van der Waals surface area contributed by atoms with E-state index in [1.54, 1.807) is 6.08 Å². The molecule has 7 atom stereocenters. The summed E-state index contributed by atoms with van der Waals surface area (Å²) in [6.07, 6.45) is 76.1. The highest BCUT2D eigenvalue weighted by Gasteiger charge is 2.44. The topological polar surface area (TPSA) is 175 Å². The summed E-state index contributed by atoms with van der Waals surface area (Å²) in [6, 6.07) is -0.835. The molecule has 1 rings (SSSR count). The van der Waals surface area contributed by atoms with Gasteiger partial charge in [-0.15, -0.1) is 0 Å². The van der Waals surface area contributed by atoms with Crippen LogP contribution in [0.2, 0.25) is 0 Å². The molecule has 492 valence electrons. The standard InChI is InChI=1S/C74H131NO10/c1-3-5-7-9-11-13-14-15-16-32-36-39-42-46-50-54-58-62-70(79)83-63-59-55-51-47-43-40-37-34-31-29-27-25-23-21-19-17-18-20-22-24-26-28-30-33-35-38-41-45-49-53-57-61-69(78)75-66(67(77)60-56-52-48-44-12-10-8-6-4-2)65-84-74-73(82)72(81)71(80)68(64-76)85-74/h4,6,11-13,15-16,19,21,25,27,44,56,60,66-68,71-74,76-77,80-82H,3,5,7-10,14,17-18,20,22-24,26,28-43,45-55,57-59,61-65H2,1-2H3,(H,75,78)/b6-4+,13-11-,16-15-,21-19-,27-25-,44-12+,60-56+. The fraction of sp³-hybridized carbons (Fsp3) is 0.784. The van der Waals surface area contributed by atoms with Gasteiger partial charge in [-0.1, -0.05) is 265 Å². The van der Waals surface area contributed by atoms with Crippen LogP contribution in [0, 0.1) is 0 Å². The molecule has 1 aliphatic rings. The summed E-state index contributed by atoms with van der Waals surface area (Å²) in [7, 11) is 0. The van der Waals surface area contributed by atoms with E-state index in [0.717, 1.165) is 77.0 Å². The molecule has 0 spiro atoms. The predicted molar refractivity (Wildman–Crippen MR) is 356 cm³/mol. The Balaban J connectivity index is 1.92. The van der Waals surface area contributed by atoms with Crippen LogP contribution in [0.5, 0.6) is 0 Å². The van der Waals surface area contributed by atoms with Gasteiger partial charge in [-0.25, -0.2) is 0 Å². The second-order valence-electron chi connectivity index (χ2n) is 24.2. The maximum absolute atomic E-state index is 13.0. The number of rotatable bonds is 61. The largest absolute Gasteiger partial charge is 0.466 e. The summed E-state index contributed by atoms with van der Waals surface area (Å²) in [5, 5.41) is 54.2. The Morgan fingerprint density at radius 1 is 0.459 bits per heavy atom. The van der Waals surface area contributed by atoms with Gasteiger partial charge in [0.1, 0.15) is 24.4 Å². The number of unbranched alkanes of at least 4 members (excludes halogenated alkanes) is 36. The molecular weight excluding hydrogens is 1060 g/mol. The number of amides is 1. The molecule has 0 aromatic rings. The number of carbonyl (C=O) groups excluding carboxylic acids is 2. The van der Waals surface area contributed by atoms with Crippen LogP contribution >= 0.6 is 0 Å². The van der Waals surface area contributed by atoms with Gasteiger partial charge in [0.05, 0.1) is 32.0 Å². The first-order chi connectivity index (χ1) is 41.7. The number of esters is 1. The zero-order chi connectivity index (χ0) is 61.6. The molecule has 0 bridgehead atoms. The van der Waals surface area contributed by atoms with Gasteiger partial charge in [0.15, 0.2) is 6.29 Å². The van der Waals surface area contributed by atoms with Crippen LogP contribution in [0.25, 0.3) is 0 Å². The van der Waals surface area contributed by atoms with E-state index in [2.05, 4.69) is 79.1 Å². The minimum atomic E-state index is -1.58. The Bertz CT molecular complexity index is 1690. The maximum atomic E-state index is 13.0. The first-order valence-corrected chi connectivity index (χ1v) is 35.3. The van der Waals surface area contributed by atoms with E-state index in [1.807, 2.05) is 19.1 Å². The molecule has 0 saturated carbocycles. The molecule has 6 N–H and O–H groups in total. The highest BCUT2D eigenvalue weighted by molar-refractivity contribution is 5.76. The van der Waals surface area contributed by atoms with Gasteiger partial charge in [0, 0.05) is 12.8 Å². The van der Waals surface area contributed by atoms with Crippen LogP contribution in [-0.4, -0.2) is 100 Å². The zero-order valence-corrected chi connectivity index (χ0v) is 54.5. The van der Waals surface area contributed by atoms with Crippen molar-refractivity contribution in [2.75, 3.05) is 19.8 Å². The maximum Gasteiger partial charge on any atom is 0.305 e. The van der Waals surface area contributed by atoms with E-state index in [9.17, 15) is 35.1 Å². The Morgan fingerprint density at radius 3 is 1.29 bits per heavy atom. The summed E-state index contributed by atoms with van der Waals surface area (Å²) in [5.41, 5.74) is 0. The van der Waals surface area contributed by atoms with Crippen LogP contribution in [0.15, 0.2) is 85.1 Å². The van der Waals surface area contributed by atoms with Crippen molar-refractivity contribution in [3.63, 3.8) is 0 Å². The number of carbonyl (C=O) groups is 2. The number of hydrogen-bond acceptors (Lipinski definition) is 10. The summed E-state index contributed by atoms with van der Waals surface area (Å²) in [6.45, 7) is 4.07. The van der Waals surface area contributed by atoms with Crippen molar-refractivity contribution >= 4 is 11.9 Å². The number of allylic oxidation sites excluding steroid dienone is 13. The Labute approximate surface area is 521 Å². The molecular formula is C74H131NO10. The van der Waals surface area contributed by atoms with E-state index in [4.69, 9.17) is 14.2 Å². The second-order valence-corrected chi connectivity index (χ2v) is 24.2. The van der Waals surface area contributed by atoms with Gasteiger partial charge in [-0.2, -0.15) is 0 Å². The van der Waals surface area contributed by atoms with E-state index >= 15 is 0 Å². The van der Waals surface area contributed by atoms with Gasteiger partial charge in [-0.3, -0.25) is 9.59 Å². The highest BCUT2D eigenvalue weighted by Crippen LogP contribution is 2.23. The van der Waals surface area contributed by atoms with E-state index < -0.39 is 49.5 Å². The van der Waals surface area contributed by atoms with Crippen LogP contribution in [0.3, 0.4) is 0 Å².